The van der Waals surface area contributed by atoms with Crippen molar-refractivity contribution in [3.05, 3.63) is 30.3 Å². The van der Waals surface area contributed by atoms with E-state index in [2.05, 4.69) is 16.2 Å². The Morgan fingerprint density at radius 2 is 2.00 bits per heavy atom. The lowest BCUT2D eigenvalue weighted by molar-refractivity contribution is -0.123. The number of hydrogen-bond acceptors (Lipinski definition) is 3. The Bertz CT molecular complexity index is 356. The first-order chi connectivity index (χ1) is 7.72. The molecule has 0 aromatic heterocycles. The first-order valence-corrected chi connectivity index (χ1v) is 5.07. The minimum absolute atomic E-state index is 0.0661. The second kappa shape index (κ2) is 6.62. The van der Waals surface area contributed by atoms with Gasteiger partial charge in [0, 0.05) is 7.05 Å². The topological polar surface area (TPSA) is 62.4 Å². The fraction of sp³-hybridized carbons (Fsp3) is 0.200. The number of para-hydroxylation sites is 1. The van der Waals surface area contributed by atoms with Crippen molar-refractivity contribution < 1.29 is 9.53 Å². The molecule has 0 spiro atoms. The largest absolute Gasteiger partial charge is 0.484 e. The van der Waals surface area contributed by atoms with Gasteiger partial charge in [0.15, 0.2) is 11.7 Å². The Labute approximate surface area is 99.1 Å². The van der Waals surface area contributed by atoms with Crippen LogP contribution < -0.4 is 20.9 Å². The van der Waals surface area contributed by atoms with Gasteiger partial charge in [-0.25, -0.2) is 0 Å². The predicted octanol–water partition coefficient (Wildman–Crippen LogP) is 0.190. The van der Waals surface area contributed by atoms with Gasteiger partial charge in [-0.15, -0.1) is 0 Å². The van der Waals surface area contributed by atoms with Gasteiger partial charge in [-0.05, 0) is 24.4 Å². The summed E-state index contributed by atoms with van der Waals surface area (Å²) >= 11 is 4.77. The molecular weight excluding hydrogens is 226 g/mol. The third-order valence-electron chi connectivity index (χ3n) is 1.66. The number of carbonyl (C=O) groups is 1. The molecule has 0 unspecified atom stereocenters. The van der Waals surface area contributed by atoms with Crippen LogP contribution in [0.3, 0.4) is 0 Å². The molecule has 1 aromatic rings. The zero-order valence-corrected chi connectivity index (χ0v) is 9.64. The van der Waals surface area contributed by atoms with Crippen molar-refractivity contribution in [2.75, 3.05) is 13.7 Å². The lowest BCUT2D eigenvalue weighted by Gasteiger charge is -2.09. The van der Waals surface area contributed by atoms with Gasteiger partial charge in [0.05, 0.1) is 0 Å². The van der Waals surface area contributed by atoms with Crippen LogP contribution in [-0.4, -0.2) is 24.7 Å². The second-order valence-electron chi connectivity index (χ2n) is 2.85. The van der Waals surface area contributed by atoms with Gasteiger partial charge in [0.25, 0.3) is 5.91 Å². The van der Waals surface area contributed by atoms with Crippen LogP contribution in [-0.2, 0) is 4.79 Å². The summed E-state index contributed by atoms with van der Waals surface area (Å²) in [5, 5.41) is 3.00. The summed E-state index contributed by atoms with van der Waals surface area (Å²) in [5.41, 5.74) is 4.90. The van der Waals surface area contributed by atoms with E-state index in [0.29, 0.717) is 10.9 Å². The van der Waals surface area contributed by atoms with E-state index in [1.165, 1.54) is 0 Å². The lowest BCUT2D eigenvalue weighted by atomic mass is 10.3. The SMILES string of the molecule is CNC(=S)NNC(=O)COc1ccccc1. The number of carbonyl (C=O) groups excluding carboxylic acids is 1. The lowest BCUT2D eigenvalue weighted by Crippen LogP contribution is -2.47. The van der Waals surface area contributed by atoms with Crippen LogP contribution >= 0.6 is 12.2 Å². The van der Waals surface area contributed by atoms with Crippen molar-refractivity contribution in [2.24, 2.45) is 0 Å². The number of thiocarbonyl (C=S) groups is 1. The Hall–Kier alpha value is -1.82. The number of ether oxygens (including phenoxy) is 1. The summed E-state index contributed by atoms with van der Waals surface area (Å²) in [7, 11) is 1.65. The van der Waals surface area contributed by atoms with E-state index in [9.17, 15) is 4.79 Å². The zero-order valence-electron chi connectivity index (χ0n) is 8.82. The summed E-state index contributed by atoms with van der Waals surface area (Å²) in [6.45, 7) is -0.0661. The normalized spacial score (nSPS) is 9.06. The van der Waals surface area contributed by atoms with Crippen molar-refractivity contribution >= 4 is 23.2 Å². The van der Waals surface area contributed by atoms with Crippen molar-refractivity contribution in [3.8, 4) is 5.75 Å². The average molecular weight is 239 g/mol. The Morgan fingerprint density at radius 1 is 1.31 bits per heavy atom. The van der Waals surface area contributed by atoms with Gasteiger partial charge in [0.2, 0.25) is 0 Å². The highest BCUT2D eigenvalue weighted by atomic mass is 32.1. The third kappa shape index (κ3) is 4.61. The van der Waals surface area contributed by atoms with Crippen molar-refractivity contribution in [2.45, 2.75) is 0 Å². The molecule has 0 saturated heterocycles. The molecule has 0 heterocycles. The smallest absolute Gasteiger partial charge is 0.276 e. The van der Waals surface area contributed by atoms with E-state index in [1.54, 1.807) is 19.2 Å². The van der Waals surface area contributed by atoms with Crippen LogP contribution in [0.5, 0.6) is 5.75 Å². The molecule has 86 valence electrons. The van der Waals surface area contributed by atoms with Crippen LogP contribution in [0.15, 0.2) is 30.3 Å². The van der Waals surface area contributed by atoms with Gasteiger partial charge in [-0.2, -0.15) is 0 Å². The fourth-order valence-electron chi connectivity index (χ4n) is 0.891. The van der Waals surface area contributed by atoms with Crippen molar-refractivity contribution in [1.29, 1.82) is 0 Å². The van der Waals surface area contributed by atoms with E-state index >= 15 is 0 Å². The van der Waals surface area contributed by atoms with Gasteiger partial charge in [-0.1, -0.05) is 18.2 Å². The molecule has 0 aliphatic carbocycles. The van der Waals surface area contributed by atoms with E-state index in [1.807, 2.05) is 18.2 Å². The maximum atomic E-state index is 11.3. The van der Waals surface area contributed by atoms with Gasteiger partial charge in [-0.3, -0.25) is 15.6 Å². The first kappa shape index (κ1) is 12.3. The number of hydrogen-bond donors (Lipinski definition) is 3. The molecule has 1 amide bonds. The van der Waals surface area contributed by atoms with Crippen molar-refractivity contribution in [1.82, 2.24) is 16.2 Å². The quantitative estimate of drug-likeness (QED) is 0.519. The summed E-state index contributed by atoms with van der Waals surface area (Å²) in [5.74, 6) is 0.343. The van der Waals surface area contributed by atoms with Gasteiger partial charge in [0.1, 0.15) is 5.75 Å². The number of nitrogens with one attached hydrogen (secondary N) is 3. The maximum Gasteiger partial charge on any atom is 0.276 e. The molecule has 0 saturated carbocycles. The van der Waals surface area contributed by atoms with E-state index in [4.69, 9.17) is 17.0 Å². The van der Waals surface area contributed by atoms with Crippen molar-refractivity contribution in [3.63, 3.8) is 0 Å². The molecule has 1 aromatic carbocycles. The molecule has 0 atom stereocenters. The highest BCUT2D eigenvalue weighted by Crippen LogP contribution is 2.07. The molecule has 0 aliphatic heterocycles. The van der Waals surface area contributed by atoms with Crippen LogP contribution in [0.25, 0.3) is 0 Å². The minimum atomic E-state index is -0.304. The van der Waals surface area contributed by atoms with Gasteiger partial charge >= 0.3 is 0 Å². The van der Waals surface area contributed by atoms with E-state index in [0.717, 1.165) is 0 Å². The highest BCUT2D eigenvalue weighted by molar-refractivity contribution is 7.80. The predicted molar refractivity (Wildman–Crippen MR) is 64.9 cm³/mol. The molecule has 0 radical (unpaired) electrons. The molecule has 0 bridgehead atoms. The van der Waals surface area contributed by atoms with Crippen LogP contribution in [0.2, 0.25) is 0 Å². The van der Waals surface area contributed by atoms with E-state index < -0.39 is 0 Å². The molecule has 1 rings (SSSR count). The molecule has 5 nitrogen and oxygen atoms in total. The summed E-state index contributed by atoms with van der Waals surface area (Å²) < 4.78 is 5.22. The number of hydrazine groups is 1. The maximum absolute atomic E-state index is 11.3. The molecule has 0 aliphatic rings. The Balaban J connectivity index is 2.23. The molecular formula is C10H13N3O2S. The highest BCUT2D eigenvalue weighted by Gasteiger charge is 2.01. The van der Waals surface area contributed by atoms with Crippen LogP contribution in [0.1, 0.15) is 0 Å². The third-order valence-corrected chi connectivity index (χ3v) is 1.96. The first-order valence-electron chi connectivity index (χ1n) is 4.67. The molecule has 16 heavy (non-hydrogen) atoms. The number of benzene rings is 1. The fourth-order valence-corrected chi connectivity index (χ4v) is 0.942. The van der Waals surface area contributed by atoms with Crippen LogP contribution in [0, 0.1) is 0 Å². The standard InChI is InChI=1S/C10H13N3O2S/c1-11-10(16)13-12-9(14)7-15-8-5-3-2-4-6-8/h2-6H,7H2,1H3,(H,12,14)(H2,11,13,16). The summed E-state index contributed by atoms with van der Waals surface area (Å²) in [6, 6.07) is 9.10. The monoisotopic (exact) mass is 239 g/mol. The van der Waals surface area contributed by atoms with E-state index in [-0.39, 0.29) is 12.5 Å². The average Bonchev–Trinajstić information content (AvgIpc) is 2.34. The Morgan fingerprint density at radius 3 is 2.62 bits per heavy atom. The summed E-state index contributed by atoms with van der Waals surface area (Å²) in [6.07, 6.45) is 0. The zero-order chi connectivity index (χ0) is 11.8. The second-order valence-corrected chi connectivity index (χ2v) is 3.26. The van der Waals surface area contributed by atoms with Crippen LogP contribution in [0.4, 0.5) is 0 Å². The molecule has 3 N–H and O–H groups in total. The molecule has 0 fully saturated rings. The minimum Gasteiger partial charge on any atom is -0.484 e. The number of amides is 1. The molecule has 6 heteroatoms. The summed E-state index contributed by atoms with van der Waals surface area (Å²) in [4.78, 5) is 11.3. The van der Waals surface area contributed by atoms with Gasteiger partial charge < -0.3 is 10.1 Å². The number of rotatable bonds is 3. The Kier molecular flexibility index (Phi) is 5.07.